The van der Waals surface area contributed by atoms with Crippen molar-refractivity contribution in [2.75, 3.05) is 17.2 Å². The first-order valence-electron chi connectivity index (χ1n) is 8.02. The van der Waals surface area contributed by atoms with E-state index < -0.39 is 30.4 Å². The zero-order valence-electron chi connectivity index (χ0n) is 14.6. The van der Waals surface area contributed by atoms with E-state index in [1.54, 1.807) is 18.2 Å². The Morgan fingerprint density at radius 1 is 1.07 bits per heavy atom. The first kappa shape index (κ1) is 22.0. The van der Waals surface area contributed by atoms with Crippen LogP contribution in [0.3, 0.4) is 0 Å². The van der Waals surface area contributed by atoms with Crippen molar-refractivity contribution in [2.24, 2.45) is 0 Å². The average molecular weight is 427 g/mol. The summed E-state index contributed by atoms with van der Waals surface area (Å²) in [5.41, 5.74) is 0.478. The maximum atomic E-state index is 12.2. The third-order valence-corrected chi connectivity index (χ3v) is 3.58. The van der Waals surface area contributed by atoms with Crippen LogP contribution in [0.1, 0.15) is 10.4 Å². The molecule has 152 valence electrons. The van der Waals surface area contributed by atoms with Crippen molar-refractivity contribution in [1.82, 2.24) is 0 Å². The van der Waals surface area contributed by atoms with Gasteiger partial charge in [-0.1, -0.05) is 29.8 Å². The normalized spacial score (nSPS) is 11.2. The van der Waals surface area contributed by atoms with E-state index >= 15 is 0 Å². The molecule has 6 nitrogen and oxygen atoms in total. The van der Waals surface area contributed by atoms with Gasteiger partial charge in [-0.2, -0.15) is 13.2 Å². The van der Waals surface area contributed by atoms with Crippen molar-refractivity contribution in [3.05, 3.63) is 71.4 Å². The minimum Gasteiger partial charge on any atom is -0.452 e. The van der Waals surface area contributed by atoms with E-state index in [9.17, 15) is 27.6 Å². The number of carbonyl (C=O) groups excluding carboxylic acids is 3. The van der Waals surface area contributed by atoms with E-state index in [-0.39, 0.29) is 11.3 Å². The number of para-hydroxylation sites is 1. The summed E-state index contributed by atoms with van der Waals surface area (Å²) in [6.07, 6.45) is -3.94. The fourth-order valence-corrected chi connectivity index (χ4v) is 2.25. The molecule has 0 aliphatic carbocycles. The maximum Gasteiger partial charge on any atom is 0.454 e. The lowest BCUT2D eigenvalue weighted by Crippen LogP contribution is -2.21. The molecule has 29 heavy (non-hydrogen) atoms. The first-order valence-corrected chi connectivity index (χ1v) is 8.40. The number of benzene rings is 2. The first-order chi connectivity index (χ1) is 13.7. The van der Waals surface area contributed by atoms with E-state index in [1.165, 1.54) is 30.3 Å². The Morgan fingerprint density at radius 3 is 2.48 bits per heavy atom. The van der Waals surface area contributed by atoms with Gasteiger partial charge >= 0.3 is 12.1 Å². The molecule has 0 radical (unpaired) electrons. The predicted molar refractivity (Wildman–Crippen MR) is 101 cm³/mol. The predicted octanol–water partition coefficient (Wildman–Crippen LogP) is 4.19. The number of ketones is 1. The van der Waals surface area contributed by atoms with Gasteiger partial charge in [-0.05, 0) is 30.3 Å². The van der Waals surface area contributed by atoms with Crippen molar-refractivity contribution in [1.29, 1.82) is 0 Å². The molecule has 0 heterocycles. The second-order valence-corrected chi connectivity index (χ2v) is 5.96. The standard InChI is InChI=1S/C19H14ClF3N2O4/c20-12-4-3-5-13(10-12)25-17(27)11-29-18(28)14-6-1-2-7-15(14)24-9-8-16(26)19(21,22)23/h1-10,24H,11H2,(H,25,27). The quantitative estimate of drug-likeness (QED) is 0.512. The number of ether oxygens (including phenoxy) is 1. The van der Waals surface area contributed by atoms with Gasteiger partial charge in [-0.25, -0.2) is 4.79 Å². The topological polar surface area (TPSA) is 84.5 Å². The van der Waals surface area contributed by atoms with E-state index in [1.807, 2.05) is 0 Å². The Kier molecular flexibility index (Phi) is 7.38. The molecule has 2 rings (SSSR count). The van der Waals surface area contributed by atoms with Crippen LogP contribution in [0.15, 0.2) is 60.8 Å². The fourth-order valence-electron chi connectivity index (χ4n) is 2.06. The molecule has 0 bridgehead atoms. The SMILES string of the molecule is O=C(COC(=O)c1ccccc1NC=CC(=O)C(F)(F)F)Nc1cccc(Cl)c1. The van der Waals surface area contributed by atoms with Crippen molar-refractivity contribution in [2.45, 2.75) is 6.18 Å². The van der Waals surface area contributed by atoms with Crippen LogP contribution in [0.2, 0.25) is 5.02 Å². The molecule has 0 aromatic heterocycles. The van der Waals surface area contributed by atoms with Gasteiger partial charge in [0.15, 0.2) is 6.61 Å². The van der Waals surface area contributed by atoms with Crippen LogP contribution in [-0.2, 0) is 14.3 Å². The summed E-state index contributed by atoms with van der Waals surface area (Å²) in [4.78, 5) is 34.9. The molecule has 0 aliphatic rings. The van der Waals surface area contributed by atoms with Crippen LogP contribution in [0.25, 0.3) is 0 Å². The molecule has 2 aromatic rings. The fraction of sp³-hybridized carbons (Fsp3) is 0.105. The number of rotatable bonds is 7. The van der Waals surface area contributed by atoms with Gasteiger partial charge in [0.2, 0.25) is 0 Å². The summed E-state index contributed by atoms with van der Waals surface area (Å²) in [6.45, 7) is -0.595. The highest BCUT2D eigenvalue weighted by molar-refractivity contribution is 6.30. The van der Waals surface area contributed by atoms with E-state index in [2.05, 4.69) is 10.6 Å². The van der Waals surface area contributed by atoms with Gasteiger partial charge in [0.25, 0.3) is 11.7 Å². The molecule has 0 fully saturated rings. The van der Waals surface area contributed by atoms with Crippen LogP contribution >= 0.6 is 11.6 Å². The summed E-state index contributed by atoms with van der Waals surface area (Å²) in [6, 6.07) is 12.1. The molecule has 1 amide bonds. The van der Waals surface area contributed by atoms with Crippen LogP contribution in [0, 0.1) is 0 Å². The highest BCUT2D eigenvalue weighted by Gasteiger charge is 2.36. The number of allylic oxidation sites excluding steroid dienone is 1. The molecule has 0 spiro atoms. The monoisotopic (exact) mass is 426 g/mol. The summed E-state index contributed by atoms with van der Waals surface area (Å²) >= 11 is 5.81. The summed E-state index contributed by atoms with van der Waals surface area (Å²) < 4.78 is 41.5. The summed E-state index contributed by atoms with van der Waals surface area (Å²) in [7, 11) is 0. The number of amides is 1. The largest absolute Gasteiger partial charge is 0.454 e. The van der Waals surface area contributed by atoms with Crippen LogP contribution in [0.5, 0.6) is 0 Å². The van der Waals surface area contributed by atoms with Gasteiger partial charge in [-0.15, -0.1) is 0 Å². The molecular weight excluding hydrogens is 413 g/mol. The van der Waals surface area contributed by atoms with E-state index in [0.29, 0.717) is 16.8 Å². The molecule has 2 aromatic carbocycles. The molecular formula is C19H14ClF3N2O4. The highest BCUT2D eigenvalue weighted by Crippen LogP contribution is 2.19. The molecule has 0 atom stereocenters. The lowest BCUT2D eigenvalue weighted by molar-refractivity contribution is -0.165. The number of carbonyl (C=O) groups is 3. The summed E-state index contributed by atoms with van der Waals surface area (Å²) in [5.74, 6) is -3.55. The third-order valence-electron chi connectivity index (χ3n) is 3.34. The van der Waals surface area contributed by atoms with Crippen LogP contribution < -0.4 is 10.6 Å². The van der Waals surface area contributed by atoms with Gasteiger partial charge in [0.05, 0.1) is 11.3 Å². The Balaban J connectivity index is 1.96. The minimum atomic E-state index is -4.99. The zero-order valence-corrected chi connectivity index (χ0v) is 15.4. The number of hydrogen-bond acceptors (Lipinski definition) is 5. The van der Waals surface area contributed by atoms with E-state index in [0.717, 1.165) is 6.20 Å². The number of hydrogen-bond donors (Lipinski definition) is 2. The Morgan fingerprint density at radius 2 is 1.79 bits per heavy atom. The third kappa shape index (κ3) is 6.96. The average Bonchev–Trinajstić information content (AvgIpc) is 2.65. The van der Waals surface area contributed by atoms with Crippen molar-refractivity contribution >= 4 is 40.6 Å². The number of anilines is 2. The van der Waals surface area contributed by atoms with Gasteiger partial charge in [-0.3, -0.25) is 9.59 Å². The lowest BCUT2D eigenvalue weighted by atomic mass is 10.2. The smallest absolute Gasteiger partial charge is 0.452 e. The van der Waals surface area contributed by atoms with Crippen molar-refractivity contribution < 1.29 is 32.3 Å². The van der Waals surface area contributed by atoms with Crippen molar-refractivity contribution in [3.63, 3.8) is 0 Å². The summed E-state index contributed by atoms with van der Waals surface area (Å²) in [5, 5.41) is 5.32. The molecule has 0 saturated heterocycles. The van der Waals surface area contributed by atoms with Crippen molar-refractivity contribution in [3.8, 4) is 0 Å². The van der Waals surface area contributed by atoms with Crippen LogP contribution in [-0.4, -0.2) is 30.4 Å². The Bertz CT molecular complexity index is 945. The zero-order chi connectivity index (χ0) is 21.4. The lowest BCUT2D eigenvalue weighted by Gasteiger charge is -2.10. The van der Waals surface area contributed by atoms with Crippen LogP contribution in [0.4, 0.5) is 24.5 Å². The van der Waals surface area contributed by atoms with E-state index in [4.69, 9.17) is 16.3 Å². The number of esters is 1. The second kappa shape index (κ2) is 9.74. The second-order valence-electron chi connectivity index (χ2n) is 5.52. The molecule has 10 heteroatoms. The Labute approximate surface area is 168 Å². The highest BCUT2D eigenvalue weighted by atomic mass is 35.5. The Hall–Kier alpha value is -3.33. The van der Waals surface area contributed by atoms with Gasteiger partial charge in [0.1, 0.15) is 0 Å². The molecule has 0 unspecified atom stereocenters. The minimum absolute atomic E-state index is 0.0350. The molecule has 0 saturated carbocycles. The number of nitrogens with one attached hydrogen (secondary N) is 2. The number of halogens is 4. The van der Waals surface area contributed by atoms with Gasteiger partial charge in [0, 0.05) is 23.0 Å². The van der Waals surface area contributed by atoms with Gasteiger partial charge < -0.3 is 15.4 Å². The number of alkyl halides is 3. The molecule has 2 N–H and O–H groups in total. The maximum absolute atomic E-state index is 12.2. The molecule has 0 aliphatic heterocycles.